The molecule has 2 amide bonds. The van der Waals surface area contributed by atoms with Crippen LogP contribution in [0.15, 0.2) is 47.3 Å². The molecule has 1 unspecified atom stereocenters. The Labute approximate surface area is 134 Å². The van der Waals surface area contributed by atoms with Crippen LogP contribution >= 0.6 is 0 Å². The Balaban J connectivity index is 1.47. The predicted octanol–water partition coefficient (Wildman–Crippen LogP) is 1.38. The number of likely N-dealkylation sites (tertiary alicyclic amines) is 1. The molecule has 3 rings (SSSR count). The van der Waals surface area contributed by atoms with Gasteiger partial charge in [-0.2, -0.15) is 0 Å². The minimum atomic E-state index is -0.277. The third-order valence-electron chi connectivity index (χ3n) is 3.96. The summed E-state index contributed by atoms with van der Waals surface area (Å²) in [6.07, 6.45) is 5.95. The third kappa shape index (κ3) is 3.97. The van der Waals surface area contributed by atoms with Crippen molar-refractivity contribution < 1.29 is 14.0 Å². The van der Waals surface area contributed by atoms with E-state index in [0.29, 0.717) is 26.1 Å². The van der Waals surface area contributed by atoms with Crippen molar-refractivity contribution in [3.05, 3.63) is 54.2 Å². The average Bonchev–Trinajstić information content (AvgIpc) is 3.19. The first-order valence-electron chi connectivity index (χ1n) is 7.69. The molecule has 1 aliphatic rings. The summed E-state index contributed by atoms with van der Waals surface area (Å²) in [6, 6.07) is 7.46. The molecule has 0 bridgehead atoms. The van der Waals surface area contributed by atoms with E-state index >= 15 is 0 Å². The number of hydrogen-bond acceptors (Lipinski definition) is 4. The molecule has 0 spiro atoms. The van der Waals surface area contributed by atoms with Crippen LogP contribution in [0, 0.1) is 5.92 Å². The van der Waals surface area contributed by atoms with Crippen molar-refractivity contribution in [3.8, 4) is 0 Å². The Morgan fingerprint density at radius 1 is 1.35 bits per heavy atom. The molecule has 1 fully saturated rings. The highest BCUT2D eigenvalue weighted by atomic mass is 16.3. The van der Waals surface area contributed by atoms with Crippen molar-refractivity contribution in [2.75, 3.05) is 13.1 Å². The van der Waals surface area contributed by atoms with Crippen LogP contribution in [-0.4, -0.2) is 34.8 Å². The van der Waals surface area contributed by atoms with E-state index in [1.807, 2.05) is 24.3 Å². The fraction of sp³-hybridized carbons (Fsp3) is 0.353. The van der Waals surface area contributed by atoms with Crippen LogP contribution in [0.2, 0.25) is 0 Å². The zero-order valence-electron chi connectivity index (χ0n) is 12.8. The summed E-state index contributed by atoms with van der Waals surface area (Å²) in [4.78, 5) is 29.9. The molecule has 1 N–H and O–H groups in total. The molecule has 0 saturated carbocycles. The van der Waals surface area contributed by atoms with Gasteiger partial charge in [0.05, 0.1) is 12.2 Å². The van der Waals surface area contributed by atoms with Crippen molar-refractivity contribution in [3.63, 3.8) is 0 Å². The molecule has 0 radical (unpaired) electrons. The minimum Gasteiger partial charge on any atom is -0.469 e. The van der Waals surface area contributed by atoms with Gasteiger partial charge in [-0.1, -0.05) is 0 Å². The molecule has 2 aromatic rings. The Kier molecular flexibility index (Phi) is 4.71. The number of furan rings is 1. The SMILES string of the molecule is O=C(NCCc1ccco1)C1CC(=O)N(Cc2ccncc2)C1. The van der Waals surface area contributed by atoms with Crippen molar-refractivity contribution >= 4 is 11.8 Å². The number of aromatic nitrogens is 1. The maximum Gasteiger partial charge on any atom is 0.225 e. The molecule has 3 heterocycles. The monoisotopic (exact) mass is 313 g/mol. The van der Waals surface area contributed by atoms with Crippen LogP contribution < -0.4 is 5.32 Å². The lowest BCUT2D eigenvalue weighted by atomic mass is 10.1. The van der Waals surface area contributed by atoms with E-state index in [-0.39, 0.29) is 24.2 Å². The summed E-state index contributed by atoms with van der Waals surface area (Å²) in [5.74, 6) is 0.517. The Morgan fingerprint density at radius 3 is 2.91 bits per heavy atom. The van der Waals surface area contributed by atoms with Crippen molar-refractivity contribution in [1.82, 2.24) is 15.2 Å². The summed E-state index contributed by atoms with van der Waals surface area (Å²) in [7, 11) is 0. The zero-order chi connectivity index (χ0) is 16.1. The summed E-state index contributed by atoms with van der Waals surface area (Å²) < 4.78 is 5.22. The van der Waals surface area contributed by atoms with Crippen LogP contribution in [0.3, 0.4) is 0 Å². The summed E-state index contributed by atoms with van der Waals surface area (Å²) in [5.41, 5.74) is 1.02. The van der Waals surface area contributed by atoms with E-state index < -0.39 is 0 Å². The molecular formula is C17H19N3O3. The largest absolute Gasteiger partial charge is 0.469 e. The molecule has 1 saturated heterocycles. The quantitative estimate of drug-likeness (QED) is 0.874. The van der Waals surface area contributed by atoms with Crippen LogP contribution in [-0.2, 0) is 22.6 Å². The number of amides is 2. The van der Waals surface area contributed by atoms with Gasteiger partial charge in [-0.15, -0.1) is 0 Å². The Bertz CT molecular complexity index is 655. The van der Waals surface area contributed by atoms with Gasteiger partial charge in [0, 0.05) is 44.9 Å². The molecule has 6 nitrogen and oxygen atoms in total. The van der Waals surface area contributed by atoms with Gasteiger partial charge in [-0.25, -0.2) is 0 Å². The fourth-order valence-corrected chi connectivity index (χ4v) is 2.72. The number of nitrogens with one attached hydrogen (secondary N) is 1. The maximum atomic E-state index is 12.2. The molecule has 2 aromatic heterocycles. The molecule has 6 heteroatoms. The maximum absolute atomic E-state index is 12.2. The van der Waals surface area contributed by atoms with Gasteiger partial charge in [-0.05, 0) is 29.8 Å². The van der Waals surface area contributed by atoms with Crippen LogP contribution in [0.1, 0.15) is 17.7 Å². The molecule has 1 aliphatic heterocycles. The number of pyridine rings is 1. The third-order valence-corrected chi connectivity index (χ3v) is 3.96. The number of hydrogen-bond donors (Lipinski definition) is 1. The first kappa shape index (κ1) is 15.3. The summed E-state index contributed by atoms with van der Waals surface area (Å²) >= 11 is 0. The van der Waals surface area contributed by atoms with Crippen molar-refractivity contribution in [2.24, 2.45) is 5.92 Å². The van der Waals surface area contributed by atoms with Crippen molar-refractivity contribution in [2.45, 2.75) is 19.4 Å². The summed E-state index contributed by atoms with van der Waals surface area (Å²) in [6.45, 7) is 1.51. The number of carbonyl (C=O) groups excluding carboxylic acids is 2. The lowest BCUT2D eigenvalue weighted by Crippen LogP contribution is -2.34. The fourth-order valence-electron chi connectivity index (χ4n) is 2.72. The van der Waals surface area contributed by atoms with E-state index in [4.69, 9.17) is 4.42 Å². The molecule has 1 atom stereocenters. The molecule has 120 valence electrons. The highest BCUT2D eigenvalue weighted by Gasteiger charge is 2.33. The van der Waals surface area contributed by atoms with Crippen LogP contribution in [0.25, 0.3) is 0 Å². The number of nitrogens with zero attached hydrogens (tertiary/aromatic N) is 2. The second kappa shape index (κ2) is 7.09. The normalized spacial score (nSPS) is 17.5. The first-order valence-corrected chi connectivity index (χ1v) is 7.69. The highest BCUT2D eigenvalue weighted by Crippen LogP contribution is 2.20. The average molecular weight is 313 g/mol. The number of carbonyl (C=O) groups is 2. The molecule has 23 heavy (non-hydrogen) atoms. The van der Waals surface area contributed by atoms with E-state index in [1.165, 1.54) is 0 Å². The Hall–Kier alpha value is -2.63. The van der Waals surface area contributed by atoms with Gasteiger partial charge in [0.15, 0.2) is 0 Å². The lowest BCUT2D eigenvalue weighted by Gasteiger charge is -2.16. The van der Waals surface area contributed by atoms with E-state index in [1.54, 1.807) is 23.6 Å². The second-order valence-electron chi connectivity index (χ2n) is 5.65. The van der Waals surface area contributed by atoms with E-state index in [9.17, 15) is 9.59 Å². The summed E-state index contributed by atoms with van der Waals surface area (Å²) in [5, 5.41) is 2.88. The van der Waals surface area contributed by atoms with Gasteiger partial charge < -0.3 is 14.6 Å². The zero-order valence-corrected chi connectivity index (χ0v) is 12.8. The Morgan fingerprint density at radius 2 is 2.17 bits per heavy atom. The standard InChI is InChI=1S/C17H19N3O3/c21-16-10-14(12-20(16)11-13-3-6-18-7-4-13)17(22)19-8-5-15-2-1-9-23-15/h1-4,6-7,9,14H,5,8,10-12H2,(H,19,22). The van der Waals surface area contributed by atoms with E-state index in [0.717, 1.165) is 11.3 Å². The van der Waals surface area contributed by atoms with Gasteiger partial charge in [-0.3, -0.25) is 14.6 Å². The van der Waals surface area contributed by atoms with Gasteiger partial charge >= 0.3 is 0 Å². The van der Waals surface area contributed by atoms with Gasteiger partial charge in [0.2, 0.25) is 11.8 Å². The van der Waals surface area contributed by atoms with Crippen LogP contribution in [0.5, 0.6) is 0 Å². The van der Waals surface area contributed by atoms with Crippen molar-refractivity contribution in [1.29, 1.82) is 0 Å². The molecule has 0 aliphatic carbocycles. The lowest BCUT2D eigenvalue weighted by molar-refractivity contribution is -0.129. The van der Waals surface area contributed by atoms with Crippen LogP contribution in [0.4, 0.5) is 0 Å². The molecular weight excluding hydrogens is 294 g/mol. The molecule has 0 aromatic carbocycles. The highest BCUT2D eigenvalue weighted by molar-refractivity contribution is 5.89. The van der Waals surface area contributed by atoms with E-state index in [2.05, 4.69) is 10.3 Å². The second-order valence-corrected chi connectivity index (χ2v) is 5.65. The smallest absolute Gasteiger partial charge is 0.225 e. The predicted molar refractivity (Wildman–Crippen MR) is 83.2 cm³/mol. The van der Waals surface area contributed by atoms with Gasteiger partial charge in [0.1, 0.15) is 5.76 Å². The number of rotatable bonds is 6. The van der Waals surface area contributed by atoms with Gasteiger partial charge in [0.25, 0.3) is 0 Å². The topological polar surface area (TPSA) is 75.4 Å². The minimum absolute atomic E-state index is 0.0213. The first-order chi connectivity index (χ1) is 11.2.